The Balaban J connectivity index is 1.74. The Labute approximate surface area is 148 Å². The molecular formula is C21H24FNO2. The van der Waals surface area contributed by atoms with Gasteiger partial charge in [0.05, 0.1) is 6.61 Å². The van der Waals surface area contributed by atoms with Crippen LogP contribution in [0.15, 0.2) is 48.5 Å². The molecule has 0 atom stereocenters. The maximum Gasteiger partial charge on any atom is 0.254 e. The van der Waals surface area contributed by atoms with Gasteiger partial charge in [-0.3, -0.25) is 4.79 Å². The highest BCUT2D eigenvalue weighted by molar-refractivity contribution is 5.95. The van der Waals surface area contributed by atoms with Crippen LogP contribution >= 0.6 is 0 Å². The minimum absolute atomic E-state index is 0.00169. The molecule has 2 aromatic rings. The smallest absolute Gasteiger partial charge is 0.254 e. The Kier molecular flexibility index (Phi) is 5.37. The minimum atomic E-state index is -0.261. The predicted octanol–water partition coefficient (Wildman–Crippen LogP) is 4.67. The second-order valence-electron chi connectivity index (χ2n) is 7.02. The topological polar surface area (TPSA) is 29.5 Å². The zero-order valence-electron chi connectivity index (χ0n) is 14.7. The molecule has 3 rings (SSSR count). The van der Waals surface area contributed by atoms with Crippen LogP contribution in [0.25, 0.3) is 0 Å². The number of rotatable bonds is 7. The fourth-order valence-electron chi connectivity index (χ4n) is 2.69. The van der Waals surface area contributed by atoms with Gasteiger partial charge in [-0.1, -0.05) is 32.0 Å². The number of hydrogen-bond donors (Lipinski definition) is 0. The third kappa shape index (κ3) is 4.81. The Morgan fingerprint density at radius 3 is 2.56 bits per heavy atom. The predicted molar refractivity (Wildman–Crippen MR) is 96.1 cm³/mol. The van der Waals surface area contributed by atoms with Gasteiger partial charge < -0.3 is 9.64 Å². The van der Waals surface area contributed by atoms with Crippen molar-refractivity contribution in [3.05, 3.63) is 65.5 Å². The van der Waals surface area contributed by atoms with Gasteiger partial charge in [0.2, 0.25) is 0 Å². The summed E-state index contributed by atoms with van der Waals surface area (Å²) in [7, 11) is 0. The molecule has 1 amide bonds. The van der Waals surface area contributed by atoms with E-state index in [-0.39, 0.29) is 17.8 Å². The van der Waals surface area contributed by atoms with E-state index in [9.17, 15) is 9.18 Å². The van der Waals surface area contributed by atoms with E-state index in [4.69, 9.17) is 4.74 Å². The highest BCUT2D eigenvalue weighted by Crippen LogP contribution is 2.30. The van der Waals surface area contributed by atoms with Crippen LogP contribution in [-0.4, -0.2) is 23.5 Å². The van der Waals surface area contributed by atoms with Gasteiger partial charge in [-0.2, -0.15) is 0 Å². The zero-order chi connectivity index (χ0) is 17.8. The largest absolute Gasteiger partial charge is 0.493 e. The van der Waals surface area contributed by atoms with Crippen molar-refractivity contribution in [2.24, 2.45) is 5.92 Å². The molecular weight excluding hydrogens is 317 g/mol. The van der Waals surface area contributed by atoms with E-state index >= 15 is 0 Å². The molecule has 0 heterocycles. The first-order valence-corrected chi connectivity index (χ1v) is 8.81. The maximum absolute atomic E-state index is 13.1. The average Bonchev–Trinajstić information content (AvgIpc) is 3.44. The van der Waals surface area contributed by atoms with Crippen LogP contribution < -0.4 is 4.74 Å². The first kappa shape index (κ1) is 17.5. The fourth-order valence-corrected chi connectivity index (χ4v) is 2.69. The minimum Gasteiger partial charge on any atom is -0.493 e. The summed E-state index contributed by atoms with van der Waals surface area (Å²) in [6.07, 6.45) is 2.05. The lowest BCUT2D eigenvalue weighted by Crippen LogP contribution is -2.32. The van der Waals surface area contributed by atoms with E-state index in [2.05, 4.69) is 13.8 Å². The van der Waals surface area contributed by atoms with Crippen molar-refractivity contribution in [1.82, 2.24) is 4.90 Å². The first-order valence-electron chi connectivity index (χ1n) is 8.81. The molecule has 1 aliphatic carbocycles. The maximum atomic E-state index is 13.1. The molecule has 132 valence electrons. The van der Waals surface area contributed by atoms with Gasteiger partial charge >= 0.3 is 0 Å². The van der Waals surface area contributed by atoms with E-state index in [1.54, 1.807) is 12.1 Å². The van der Waals surface area contributed by atoms with E-state index in [1.165, 1.54) is 12.1 Å². The lowest BCUT2D eigenvalue weighted by molar-refractivity contribution is 0.0729. The SMILES string of the molecule is CC(C)COc1cccc(C(=O)N(Cc2ccc(F)cc2)C2CC2)c1. The summed E-state index contributed by atoms with van der Waals surface area (Å²) < 4.78 is 18.8. The molecule has 4 heteroatoms. The molecule has 0 saturated heterocycles. The number of carbonyl (C=O) groups excluding carboxylic acids is 1. The van der Waals surface area contributed by atoms with Crippen LogP contribution in [0, 0.1) is 11.7 Å². The van der Waals surface area contributed by atoms with Gasteiger partial charge in [0, 0.05) is 18.2 Å². The molecule has 1 fully saturated rings. The molecule has 0 aromatic heterocycles. The van der Waals surface area contributed by atoms with Crippen LogP contribution in [0.4, 0.5) is 4.39 Å². The highest BCUT2D eigenvalue weighted by Gasteiger charge is 2.33. The quantitative estimate of drug-likeness (QED) is 0.733. The van der Waals surface area contributed by atoms with E-state index in [0.717, 1.165) is 24.2 Å². The second-order valence-corrected chi connectivity index (χ2v) is 7.02. The van der Waals surface area contributed by atoms with Crippen molar-refractivity contribution >= 4 is 5.91 Å². The number of carbonyl (C=O) groups is 1. The summed E-state index contributed by atoms with van der Waals surface area (Å²) in [6, 6.07) is 14.0. The molecule has 1 aliphatic rings. The highest BCUT2D eigenvalue weighted by atomic mass is 19.1. The van der Waals surface area contributed by atoms with Gasteiger partial charge in [0.25, 0.3) is 5.91 Å². The van der Waals surface area contributed by atoms with Crippen molar-refractivity contribution in [3.8, 4) is 5.75 Å². The standard InChI is InChI=1S/C21H24FNO2/c1-15(2)14-25-20-5-3-4-17(12-20)21(24)23(19-10-11-19)13-16-6-8-18(22)9-7-16/h3-9,12,15,19H,10-11,13-14H2,1-2H3. The molecule has 0 aliphatic heterocycles. The Bertz CT molecular complexity index is 723. The van der Waals surface area contributed by atoms with Gasteiger partial charge in [0.1, 0.15) is 11.6 Å². The average molecular weight is 341 g/mol. The molecule has 0 N–H and O–H groups in total. The number of nitrogens with zero attached hydrogens (tertiary/aromatic N) is 1. The lowest BCUT2D eigenvalue weighted by atomic mass is 10.1. The summed E-state index contributed by atoms with van der Waals surface area (Å²) in [4.78, 5) is 14.9. The summed E-state index contributed by atoms with van der Waals surface area (Å²) >= 11 is 0. The van der Waals surface area contributed by atoms with E-state index in [1.807, 2.05) is 29.2 Å². The normalized spacial score (nSPS) is 13.8. The monoisotopic (exact) mass is 341 g/mol. The fraction of sp³-hybridized carbons (Fsp3) is 0.381. The van der Waals surface area contributed by atoms with Crippen molar-refractivity contribution in [1.29, 1.82) is 0 Å². The van der Waals surface area contributed by atoms with Crippen LogP contribution in [0.5, 0.6) is 5.75 Å². The third-order valence-electron chi connectivity index (χ3n) is 4.18. The molecule has 1 saturated carbocycles. The Morgan fingerprint density at radius 1 is 1.20 bits per heavy atom. The molecule has 0 unspecified atom stereocenters. The van der Waals surface area contributed by atoms with Gasteiger partial charge in [-0.25, -0.2) is 4.39 Å². The van der Waals surface area contributed by atoms with Gasteiger partial charge in [-0.15, -0.1) is 0 Å². The molecule has 0 spiro atoms. The molecule has 0 radical (unpaired) electrons. The van der Waals surface area contributed by atoms with Crippen LogP contribution in [0.1, 0.15) is 42.6 Å². The molecule has 2 aromatic carbocycles. The molecule has 0 bridgehead atoms. The zero-order valence-corrected chi connectivity index (χ0v) is 14.7. The number of amides is 1. The summed E-state index contributed by atoms with van der Waals surface area (Å²) in [5, 5.41) is 0. The lowest BCUT2D eigenvalue weighted by Gasteiger charge is -2.23. The van der Waals surface area contributed by atoms with E-state index < -0.39 is 0 Å². The van der Waals surface area contributed by atoms with E-state index in [0.29, 0.717) is 24.6 Å². The first-order chi connectivity index (χ1) is 12.0. The van der Waals surface area contributed by atoms with Gasteiger partial charge in [0.15, 0.2) is 0 Å². The third-order valence-corrected chi connectivity index (χ3v) is 4.18. The summed E-state index contributed by atoms with van der Waals surface area (Å²) in [5.41, 5.74) is 1.57. The van der Waals surface area contributed by atoms with Crippen LogP contribution in [0.3, 0.4) is 0 Å². The van der Waals surface area contributed by atoms with Gasteiger partial charge in [-0.05, 0) is 54.7 Å². The Hall–Kier alpha value is -2.36. The summed E-state index contributed by atoms with van der Waals surface area (Å²) in [6.45, 7) is 5.31. The van der Waals surface area contributed by atoms with Crippen molar-refractivity contribution in [2.45, 2.75) is 39.3 Å². The number of halogens is 1. The van der Waals surface area contributed by atoms with Crippen molar-refractivity contribution < 1.29 is 13.9 Å². The molecule has 25 heavy (non-hydrogen) atoms. The number of benzene rings is 2. The van der Waals surface area contributed by atoms with Crippen molar-refractivity contribution in [2.75, 3.05) is 6.61 Å². The van der Waals surface area contributed by atoms with Crippen LogP contribution in [-0.2, 0) is 6.54 Å². The molecule has 3 nitrogen and oxygen atoms in total. The second kappa shape index (κ2) is 7.68. The van der Waals surface area contributed by atoms with Crippen LogP contribution in [0.2, 0.25) is 0 Å². The summed E-state index contributed by atoms with van der Waals surface area (Å²) in [5.74, 6) is 0.891. The number of ether oxygens (including phenoxy) is 1. The Morgan fingerprint density at radius 2 is 1.92 bits per heavy atom. The number of hydrogen-bond acceptors (Lipinski definition) is 2. The van der Waals surface area contributed by atoms with Crippen molar-refractivity contribution in [3.63, 3.8) is 0 Å².